The molecule has 0 amide bonds. The third-order valence-electron chi connectivity index (χ3n) is 2.42. The molecule has 88 valence electrons. The number of aromatic amines is 1. The maximum Gasteiger partial charge on any atom is 0.118 e. The Morgan fingerprint density at radius 1 is 1.56 bits per heavy atom. The minimum absolute atomic E-state index is 0.156. The van der Waals surface area contributed by atoms with Crippen molar-refractivity contribution in [1.29, 1.82) is 0 Å². The zero-order valence-corrected chi connectivity index (χ0v) is 10.1. The molecule has 1 unspecified atom stereocenters. The summed E-state index contributed by atoms with van der Waals surface area (Å²) in [7, 11) is 0. The third kappa shape index (κ3) is 3.65. The van der Waals surface area contributed by atoms with Crippen molar-refractivity contribution in [1.82, 2.24) is 9.97 Å². The van der Waals surface area contributed by atoms with Crippen LogP contribution in [-0.2, 0) is 6.42 Å². The van der Waals surface area contributed by atoms with Crippen molar-refractivity contribution in [3.63, 3.8) is 0 Å². The fourth-order valence-electron chi connectivity index (χ4n) is 1.39. The van der Waals surface area contributed by atoms with Crippen LogP contribution in [0.4, 0.5) is 4.39 Å². The normalized spacial score (nSPS) is 14.6. The maximum absolute atomic E-state index is 13.1. The van der Waals surface area contributed by atoms with Crippen LogP contribution in [0.15, 0.2) is 30.3 Å². The van der Waals surface area contributed by atoms with E-state index in [0.717, 1.165) is 17.9 Å². The highest BCUT2D eigenvalue weighted by Gasteiger charge is 2.04. The van der Waals surface area contributed by atoms with Gasteiger partial charge < -0.3 is 4.98 Å². The number of hydrogen-bond acceptors (Lipinski definition) is 1. The molecule has 3 heteroatoms. The molecule has 1 aromatic heterocycles. The van der Waals surface area contributed by atoms with Gasteiger partial charge in [0.05, 0.1) is 0 Å². The monoisotopic (exact) mass is 222 g/mol. The van der Waals surface area contributed by atoms with E-state index >= 15 is 0 Å². The average molecular weight is 222 g/mol. The molecule has 0 fully saturated rings. The molecule has 0 saturated heterocycles. The zero-order chi connectivity index (χ0) is 12.0. The van der Waals surface area contributed by atoms with Crippen LogP contribution in [0.3, 0.4) is 0 Å². The van der Waals surface area contributed by atoms with Gasteiger partial charge in [0.2, 0.25) is 0 Å². The molecule has 0 radical (unpaired) electrons. The molecule has 1 atom stereocenters. The molecule has 1 heterocycles. The molecule has 16 heavy (non-hydrogen) atoms. The number of aromatic nitrogens is 2. The van der Waals surface area contributed by atoms with E-state index in [1.807, 2.05) is 33.0 Å². The minimum atomic E-state index is -0.176. The Kier molecular flexibility index (Phi) is 4.96. The lowest BCUT2D eigenvalue weighted by molar-refractivity contribution is 0.659. The van der Waals surface area contributed by atoms with Crippen LogP contribution in [0.5, 0.6) is 0 Å². The molecule has 0 aromatic carbocycles. The Labute approximate surface area is 96.3 Å². The van der Waals surface area contributed by atoms with E-state index in [0.29, 0.717) is 6.42 Å². The van der Waals surface area contributed by atoms with Gasteiger partial charge in [-0.1, -0.05) is 26.8 Å². The molecule has 0 saturated carbocycles. The smallest absolute Gasteiger partial charge is 0.118 e. The number of rotatable bonds is 5. The van der Waals surface area contributed by atoms with E-state index in [1.165, 1.54) is 6.08 Å². The second-order valence-electron chi connectivity index (χ2n) is 3.78. The summed E-state index contributed by atoms with van der Waals surface area (Å²) < 4.78 is 13.1. The summed E-state index contributed by atoms with van der Waals surface area (Å²) in [4.78, 5) is 7.44. The largest absolute Gasteiger partial charge is 0.345 e. The Balaban J connectivity index is 2.64. The van der Waals surface area contributed by atoms with Crippen molar-refractivity contribution >= 4 is 0 Å². The highest BCUT2D eigenvalue weighted by molar-refractivity contribution is 5.19. The Morgan fingerprint density at radius 2 is 2.31 bits per heavy atom. The van der Waals surface area contributed by atoms with Crippen LogP contribution in [0.1, 0.15) is 44.6 Å². The van der Waals surface area contributed by atoms with E-state index in [-0.39, 0.29) is 11.7 Å². The van der Waals surface area contributed by atoms with Gasteiger partial charge >= 0.3 is 0 Å². The van der Waals surface area contributed by atoms with E-state index in [9.17, 15) is 4.39 Å². The van der Waals surface area contributed by atoms with Crippen LogP contribution >= 0.6 is 0 Å². The molecule has 0 aliphatic heterocycles. The minimum Gasteiger partial charge on any atom is -0.345 e. The van der Waals surface area contributed by atoms with Crippen molar-refractivity contribution in [2.45, 2.75) is 39.5 Å². The van der Waals surface area contributed by atoms with Gasteiger partial charge in [0.25, 0.3) is 0 Å². The molecule has 1 rings (SSSR count). The average Bonchev–Trinajstić information content (AvgIpc) is 2.75. The van der Waals surface area contributed by atoms with Gasteiger partial charge in [-0.15, -0.1) is 0 Å². The Hall–Kier alpha value is -1.38. The maximum atomic E-state index is 13.1. The van der Waals surface area contributed by atoms with Crippen LogP contribution in [0, 0.1) is 0 Å². The number of nitrogens with zero attached hydrogens (tertiary/aromatic N) is 1. The molecular weight excluding hydrogens is 203 g/mol. The lowest BCUT2D eigenvalue weighted by Crippen LogP contribution is -1.90. The van der Waals surface area contributed by atoms with Crippen molar-refractivity contribution in [2.75, 3.05) is 0 Å². The zero-order valence-electron chi connectivity index (χ0n) is 10.1. The van der Waals surface area contributed by atoms with Gasteiger partial charge in [0.1, 0.15) is 11.7 Å². The fraction of sp³-hybridized carbons (Fsp3) is 0.462. The van der Waals surface area contributed by atoms with Crippen molar-refractivity contribution < 1.29 is 4.39 Å². The first-order valence-corrected chi connectivity index (χ1v) is 5.75. The van der Waals surface area contributed by atoms with E-state index in [2.05, 4.69) is 9.97 Å². The predicted octanol–water partition coefficient (Wildman–Crippen LogP) is 3.90. The summed E-state index contributed by atoms with van der Waals surface area (Å²) in [5.41, 5.74) is 1.03. The summed E-state index contributed by atoms with van der Waals surface area (Å²) in [5.74, 6) is 0.952. The highest BCUT2D eigenvalue weighted by Crippen LogP contribution is 2.15. The van der Waals surface area contributed by atoms with Gasteiger partial charge in [0.15, 0.2) is 0 Å². The van der Waals surface area contributed by atoms with Crippen LogP contribution in [-0.4, -0.2) is 9.97 Å². The van der Waals surface area contributed by atoms with E-state index in [4.69, 9.17) is 0 Å². The molecule has 0 bridgehead atoms. The first-order valence-electron chi connectivity index (χ1n) is 5.75. The fourth-order valence-corrected chi connectivity index (χ4v) is 1.39. The second-order valence-corrected chi connectivity index (χ2v) is 3.78. The third-order valence-corrected chi connectivity index (χ3v) is 2.42. The Bertz CT molecular complexity index is 377. The lowest BCUT2D eigenvalue weighted by Gasteiger charge is -2.01. The van der Waals surface area contributed by atoms with Gasteiger partial charge in [-0.05, 0) is 18.6 Å². The predicted molar refractivity (Wildman–Crippen MR) is 65.0 cm³/mol. The molecule has 0 aliphatic rings. The number of H-pyrrole nitrogens is 1. The van der Waals surface area contributed by atoms with Crippen LogP contribution < -0.4 is 0 Å². The van der Waals surface area contributed by atoms with Crippen LogP contribution in [0.25, 0.3) is 0 Å². The van der Waals surface area contributed by atoms with Gasteiger partial charge in [-0.25, -0.2) is 9.37 Å². The van der Waals surface area contributed by atoms with E-state index in [1.54, 1.807) is 6.08 Å². The molecule has 0 spiro atoms. The first kappa shape index (κ1) is 12.7. The molecule has 0 aliphatic carbocycles. The molecular formula is C13H19FN2. The summed E-state index contributed by atoms with van der Waals surface area (Å²) in [6, 6.07) is 0. The lowest BCUT2D eigenvalue weighted by atomic mass is 10.1. The summed E-state index contributed by atoms with van der Waals surface area (Å²) >= 11 is 0. The number of aryl methyl sites for hydroxylation is 1. The number of halogens is 1. The number of imidazole rings is 1. The van der Waals surface area contributed by atoms with E-state index < -0.39 is 0 Å². The van der Waals surface area contributed by atoms with Gasteiger partial charge in [-0.3, -0.25) is 0 Å². The summed E-state index contributed by atoms with van der Waals surface area (Å²) in [6.07, 6.45) is 8.34. The second kappa shape index (κ2) is 6.26. The molecule has 2 nitrogen and oxygen atoms in total. The highest BCUT2D eigenvalue weighted by atomic mass is 19.1. The van der Waals surface area contributed by atoms with Gasteiger partial charge in [0, 0.05) is 24.2 Å². The quantitative estimate of drug-likeness (QED) is 0.752. The molecule has 1 N–H and O–H groups in total. The summed E-state index contributed by atoms with van der Waals surface area (Å²) in [6.45, 7) is 5.98. The van der Waals surface area contributed by atoms with Crippen LogP contribution in [0.2, 0.25) is 0 Å². The van der Waals surface area contributed by atoms with Gasteiger partial charge in [-0.2, -0.15) is 0 Å². The van der Waals surface area contributed by atoms with Crippen molar-refractivity contribution in [3.8, 4) is 0 Å². The van der Waals surface area contributed by atoms with Crippen molar-refractivity contribution in [3.05, 3.63) is 41.8 Å². The molecule has 1 aromatic rings. The standard InChI is InChI=1S/C13H19FN2/c1-4-6-11(14)8-7-10(3)12-9-15-13(5-2)16-12/h6-10H,4-5H2,1-3H3,(H,15,16)/b8-7-,11-6+. The number of hydrogen-bond donors (Lipinski definition) is 1. The Morgan fingerprint density at radius 3 is 2.88 bits per heavy atom. The topological polar surface area (TPSA) is 28.7 Å². The number of nitrogens with one attached hydrogen (secondary N) is 1. The summed E-state index contributed by atoms with van der Waals surface area (Å²) in [5, 5.41) is 0. The SMILES string of the molecule is CC/C=C(F)\C=C/C(C)c1cnc(CC)[nH]1. The van der Waals surface area contributed by atoms with Crippen molar-refractivity contribution in [2.24, 2.45) is 0 Å². The first-order chi connectivity index (χ1) is 7.67. The number of allylic oxidation sites excluding steroid dienone is 4.